The van der Waals surface area contributed by atoms with Crippen molar-refractivity contribution in [2.45, 2.75) is 18.7 Å². The summed E-state index contributed by atoms with van der Waals surface area (Å²) in [6, 6.07) is 4.28. The summed E-state index contributed by atoms with van der Waals surface area (Å²) in [5, 5.41) is 0. The van der Waals surface area contributed by atoms with E-state index in [1.165, 1.54) is 17.0 Å². The summed E-state index contributed by atoms with van der Waals surface area (Å²) in [6.45, 7) is 4.15. The van der Waals surface area contributed by atoms with E-state index in [1.54, 1.807) is 20.0 Å². The van der Waals surface area contributed by atoms with Crippen LogP contribution in [0.25, 0.3) is 0 Å². The van der Waals surface area contributed by atoms with Gasteiger partial charge in [-0.1, -0.05) is 6.07 Å². The van der Waals surface area contributed by atoms with Gasteiger partial charge in [0.15, 0.2) is 0 Å². The van der Waals surface area contributed by atoms with Crippen LogP contribution < -0.4 is 0 Å². The predicted octanol–water partition coefficient (Wildman–Crippen LogP) is 2.01. The highest BCUT2D eigenvalue weighted by molar-refractivity contribution is 8.13. The summed E-state index contributed by atoms with van der Waals surface area (Å²) in [5.41, 5.74) is 1.08. The first-order valence-corrected chi connectivity index (χ1v) is 7.39. The van der Waals surface area contributed by atoms with Gasteiger partial charge in [0, 0.05) is 29.8 Å². The Balaban J connectivity index is 3.30. The zero-order valence-electron chi connectivity index (χ0n) is 9.90. The molecule has 0 aliphatic heterocycles. The van der Waals surface area contributed by atoms with Crippen LogP contribution in [-0.2, 0) is 9.05 Å². The molecule has 0 spiro atoms. The number of hydrogen-bond acceptors (Lipinski definition) is 3. The molecule has 0 aliphatic rings. The third-order valence-corrected chi connectivity index (χ3v) is 3.89. The summed E-state index contributed by atoms with van der Waals surface area (Å²) in [5.74, 6) is -0.216. The van der Waals surface area contributed by atoms with Crippen LogP contribution in [0.5, 0.6) is 0 Å². The largest absolute Gasteiger partial charge is 0.342 e. The van der Waals surface area contributed by atoms with E-state index in [1.807, 2.05) is 6.92 Å². The molecule has 0 atom stereocenters. The van der Waals surface area contributed by atoms with Gasteiger partial charge in [0.1, 0.15) is 0 Å². The molecule has 0 unspecified atom stereocenters. The number of aryl methyl sites for hydroxylation is 1. The number of nitrogens with zero attached hydrogens (tertiary/aromatic N) is 1. The lowest BCUT2D eigenvalue weighted by atomic mass is 10.1. The SMILES string of the molecule is CCN(C)C(=O)c1cc(S(=O)(=O)Cl)ccc1C. The molecule has 6 heteroatoms. The monoisotopic (exact) mass is 275 g/mol. The minimum Gasteiger partial charge on any atom is -0.342 e. The van der Waals surface area contributed by atoms with Gasteiger partial charge in [-0.15, -0.1) is 0 Å². The number of hydrogen-bond donors (Lipinski definition) is 0. The van der Waals surface area contributed by atoms with Gasteiger partial charge < -0.3 is 4.90 Å². The summed E-state index contributed by atoms with van der Waals surface area (Å²) in [6.07, 6.45) is 0. The molecule has 0 N–H and O–H groups in total. The van der Waals surface area contributed by atoms with Crippen LogP contribution in [0.4, 0.5) is 0 Å². The van der Waals surface area contributed by atoms with Crippen molar-refractivity contribution >= 4 is 25.6 Å². The molecule has 1 aromatic rings. The molecule has 0 saturated carbocycles. The summed E-state index contributed by atoms with van der Waals surface area (Å²) in [4.78, 5) is 13.4. The first kappa shape index (κ1) is 14.0. The fourth-order valence-electron chi connectivity index (χ4n) is 1.33. The zero-order chi connectivity index (χ0) is 13.2. The highest BCUT2D eigenvalue weighted by atomic mass is 35.7. The first-order valence-electron chi connectivity index (χ1n) is 5.08. The third-order valence-electron chi connectivity index (χ3n) is 2.54. The van der Waals surface area contributed by atoms with Crippen molar-refractivity contribution in [1.82, 2.24) is 4.90 Å². The topological polar surface area (TPSA) is 54.5 Å². The van der Waals surface area contributed by atoms with Crippen molar-refractivity contribution in [1.29, 1.82) is 0 Å². The lowest BCUT2D eigenvalue weighted by Crippen LogP contribution is -2.27. The average molecular weight is 276 g/mol. The maximum absolute atomic E-state index is 12.0. The molecular formula is C11H14ClNO3S. The minimum atomic E-state index is -3.81. The molecule has 1 amide bonds. The minimum absolute atomic E-state index is 0.0578. The third kappa shape index (κ3) is 3.20. The molecule has 0 radical (unpaired) electrons. The normalized spacial score (nSPS) is 11.3. The van der Waals surface area contributed by atoms with Crippen LogP contribution >= 0.6 is 10.7 Å². The van der Waals surface area contributed by atoms with Crippen molar-refractivity contribution in [3.05, 3.63) is 29.3 Å². The van der Waals surface area contributed by atoms with Gasteiger partial charge in [-0.25, -0.2) is 8.42 Å². The van der Waals surface area contributed by atoms with E-state index < -0.39 is 9.05 Å². The maximum atomic E-state index is 12.0. The van der Waals surface area contributed by atoms with E-state index in [9.17, 15) is 13.2 Å². The van der Waals surface area contributed by atoms with Gasteiger partial charge in [-0.2, -0.15) is 0 Å². The van der Waals surface area contributed by atoms with Crippen LogP contribution in [0.15, 0.2) is 23.1 Å². The van der Waals surface area contributed by atoms with Gasteiger partial charge in [0.2, 0.25) is 0 Å². The zero-order valence-corrected chi connectivity index (χ0v) is 11.5. The lowest BCUT2D eigenvalue weighted by molar-refractivity contribution is 0.0801. The molecule has 0 saturated heterocycles. The van der Waals surface area contributed by atoms with E-state index >= 15 is 0 Å². The Morgan fingerprint density at radius 1 is 1.41 bits per heavy atom. The van der Waals surface area contributed by atoms with E-state index in [2.05, 4.69) is 0 Å². The number of benzene rings is 1. The van der Waals surface area contributed by atoms with Gasteiger partial charge in [-0.05, 0) is 31.5 Å². The van der Waals surface area contributed by atoms with Crippen LogP contribution in [0.1, 0.15) is 22.8 Å². The molecule has 17 heavy (non-hydrogen) atoms. The van der Waals surface area contributed by atoms with Crippen molar-refractivity contribution in [3.8, 4) is 0 Å². The Labute approximate surface area is 106 Å². The standard InChI is InChI=1S/C11H14ClNO3S/c1-4-13(3)11(14)10-7-9(17(12,15)16)6-5-8(10)2/h5-7H,4H2,1-3H3. The Hall–Kier alpha value is -1.07. The number of halogens is 1. The number of amides is 1. The molecule has 0 aliphatic carbocycles. The van der Waals surface area contributed by atoms with E-state index in [4.69, 9.17) is 10.7 Å². The molecule has 94 valence electrons. The van der Waals surface area contributed by atoms with Gasteiger partial charge in [-0.3, -0.25) is 4.79 Å². The van der Waals surface area contributed by atoms with E-state index in [0.29, 0.717) is 12.1 Å². The van der Waals surface area contributed by atoms with Crippen LogP contribution in [0, 0.1) is 6.92 Å². The Bertz CT molecular complexity index is 540. The van der Waals surface area contributed by atoms with Crippen molar-refractivity contribution in [2.24, 2.45) is 0 Å². The number of rotatable bonds is 3. The molecule has 1 aromatic carbocycles. The fraction of sp³-hybridized carbons (Fsp3) is 0.364. The van der Waals surface area contributed by atoms with Crippen molar-refractivity contribution in [3.63, 3.8) is 0 Å². The molecule has 0 aromatic heterocycles. The lowest BCUT2D eigenvalue weighted by Gasteiger charge is -2.16. The van der Waals surface area contributed by atoms with Gasteiger partial charge in [0.05, 0.1) is 4.90 Å². The summed E-state index contributed by atoms with van der Waals surface area (Å²) >= 11 is 0. The van der Waals surface area contributed by atoms with Crippen LogP contribution in [-0.4, -0.2) is 32.8 Å². The molecule has 1 rings (SSSR count). The Morgan fingerprint density at radius 2 is 2.00 bits per heavy atom. The molecular weight excluding hydrogens is 262 g/mol. The van der Waals surface area contributed by atoms with Crippen LogP contribution in [0.2, 0.25) is 0 Å². The number of carbonyl (C=O) groups is 1. The average Bonchev–Trinajstić information content (AvgIpc) is 2.26. The van der Waals surface area contributed by atoms with Gasteiger partial charge in [0.25, 0.3) is 15.0 Å². The summed E-state index contributed by atoms with van der Waals surface area (Å²) < 4.78 is 22.4. The van der Waals surface area contributed by atoms with Crippen molar-refractivity contribution in [2.75, 3.05) is 13.6 Å². The van der Waals surface area contributed by atoms with E-state index in [-0.39, 0.29) is 10.8 Å². The van der Waals surface area contributed by atoms with Crippen molar-refractivity contribution < 1.29 is 13.2 Å². The van der Waals surface area contributed by atoms with E-state index in [0.717, 1.165) is 5.56 Å². The molecule has 4 nitrogen and oxygen atoms in total. The Kier molecular flexibility index (Phi) is 4.16. The second-order valence-corrected chi connectivity index (χ2v) is 6.30. The quantitative estimate of drug-likeness (QED) is 0.793. The van der Waals surface area contributed by atoms with Crippen LogP contribution in [0.3, 0.4) is 0 Å². The highest BCUT2D eigenvalue weighted by Crippen LogP contribution is 2.20. The Morgan fingerprint density at radius 3 is 2.47 bits per heavy atom. The highest BCUT2D eigenvalue weighted by Gasteiger charge is 2.17. The second-order valence-electron chi connectivity index (χ2n) is 3.73. The van der Waals surface area contributed by atoms with Gasteiger partial charge >= 0.3 is 0 Å². The molecule has 0 bridgehead atoms. The smallest absolute Gasteiger partial charge is 0.261 e. The first-order chi connectivity index (χ1) is 7.77. The maximum Gasteiger partial charge on any atom is 0.261 e. The second kappa shape index (κ2) is 5.06. The molecule has 0 heterocycles. The molecule has 0 fully saturated rings. The fourth-order valence-corrected chi connectivity index (χ4v) is 2.11. The summed E-state index contributed by atoms with van der Waals surface area (Å²) in [7, 11) is 3.10. The number of carbonyl (C=O) groups excluding carboxylic acids is 1. The predicted molar refractivity (Wildman–Crippen MR) is 66.9 cm³/mol.